The van der Waals surface area contributed by atoms with E-state index in [2.05, 4.69) is 26.1 Å². The number of hydrogen-bond acceptors (Lipinski definition) is 3. The molecular weight excluding hydrogens is 170 g/mol. The van der Waals surface area contributed by atoms with Gasteiger partial charge in [0.15, 0.2) is 0 Å². The summed E-state index contributed by atoms with van der Waals surface area (Å²) in [5.41, 5.74) is 0. The lowest BCUT2D eigenvalue weighted by Crippen LogP contribution is -2.32. The van der Waals surface area contributed by atoms with Gasteiger partial charge < -0.3 is 10.4 Å². The molecule has 2 N–H and O–H groups in total. The molecule has 0 fully saturated rings. The lowest BCUT2D eigenvalue weighted by atomic mass is 10.2. The van der Waals surface area contributed by atoms with Gasteiger partial charge in [0.2, 0.25) is 0 Å². The first-order valence-corrected chi connectivity index (χ1v) is 5.71. The van der Waals surface area contributed by atoms with Crippen LogP contribution in [0, 0.1) is 0 Å². The van der Waals surface area contributed by atoms with Gasteiger partial charge in [0, 0.05) is 18.4 Å². The molecule has 0 heterocycles. The van der Waals surface area contributed by atoms with Gasteiger partial charge in [-0.3, -0.25) is 0 Å². The number of aliphatic hydroxyl groups excluding tert-OH is 1. The van der Waals surface area contributed by atoms with Gasteiger partial charge in [-0.05, 0) is 18.2 Å². The molecule has 74 valence electrons. The average Bonchev–Trinajstić information content (AvgIpc) is 2.01. The lowest BCUT2D eigenvalue weighted by molar-refractivity contribution is 0.271. The van der Waals surface area contributed by atoms with E-state index in [9.17, 15) is 0 Å². The van der Waals surface area contributed by atoms with E-state index in [-0.39, 0.29) is 6.61 Å². The highest BCUT2D eigenvalue weighted by atomic mass is 32.2. The summed E-state index contributed by atoms with van der Waals surface area (Å²) in [7, 11) is 0. The molecule has 0 aliphatic rings. The van der Waals surface area contributed by atoms with Crippen LogP contribution in [0.15, 0.2) is 0 Å². The second-order valence-corrected chi connectivity index (χ2v) is 4.76. The molecule has 0 spiro atoms. The zero-order valence-corrected chi connectivity index (χ0v) is 9.16. The summed E-state index contributed by atoms with van der Waals surface area (Å²) in [5, 5.41) is 12.8. The second kappa shape index (κ2) is 7.90. The minimum absolute atomic E-state index is 0.288. The van der Waals surface area contributed by atoms with Crippen molar-refractivity contribution in [3.63, 3.8) is 0 Å². The van der Waals surface area contributed by atoms with Gasteiger partial charge in [0.05, 0.1) is 0 Å². The predicted molar refractivity (Wildman–Crippen MR) is 56.8 cm³/mol. The maximum atomic E-state index is 8.78. The maximum Gasteiger partial charge on any atom is 0.0446 e. The summed E-state index contributed by atoms with van der Waals surface area (Å²) < 4.78 is 0. The van der Waals surface area contributed by atoms with Crippen LogP contribution in [0.5, 0.6) is 0 Å². The molecular formula is C9H21NOS. The highest BCUT2D eigenvalue weighted by Gasteiger charge is 2.06. The van der Waals surface area contributed by atoms with Crippen LogP contribution in [0.3, 0.4) is 0 Å². The lowest BCUT2D eigenvalue weighted by Gasteiger charge is -2.17. The number of nitrogens with one attached hydrogen (secondary N) is 1. The summed E-state index contributed by atoms with van der Waals surface area (Å²) >= 11 is 1.95. The van der Waals surface area contributed by atoms with Gasteiger partial charge in [-0.15, -0.1) is 0 Å². The van der Waals surface area contributed by atoms with E-state index in [0.29, 0.717) is 11.3 Å². The fraction of sp³-hybridized carbons (Fsp3) is 1.00. The van der Waals surface area contributed by atoms with Crippen molar-refractivity contribution in [3.05, 3.63) is 0 Å². The van der Waals surface area contributed by atoms with Crippen LogP contribution in [0.2, 0.25) is 0 Å². The Hall–Kier alpha value is 0.270. The Labute approximate surface area is 80.1 Å². The van der Waals surface area contributed by atoms with Gasteiger partial charge in [-0.25, -0.2) is 0 Å². The van der Waals surface area contributed by atoms with Crippen molar-refractivity contribution in [3.8, 4) is 0 Å². The number of aliphatic hydroxyl groups is 1. The number of rotatable bonds is 7. The first kappa shape index (κ1) is 12.3. The third-order valence-electron chi connectivity index (χ3n) is 1.60. The van der Waals surface area contributed by atoms with E-state index in [1.165, 1.54) is 0 Å². The van der Waals surface area contributed by atoms with E-state index in [4.69, 9.17) is 5.11 Å². The highest BCUT2D eigenvalue weighted by molar-refractivity contribution is 7.99. The Bertz CT molecular complexity index is 92.5. The molecule has 12 heavy (non-hydrogen) atoms. The van der Waals surface area contributed by atoms with Crippen molar-refractivity contribution in [1.29, 1.82) is 0 Å². The molecule has 0 amide bonds. The summed E-state index contributed by atoms with van der Waals surface area (Å²) in [4.78, 5) is 0. The molecule has 1 unspecified atom stereocenters. The molecule has 0 aliphatic carbocycles. The van der Waals surface area contributed by atoms with Crippen LogP contribution in [-0.2, 0) is 0 Å². The van der Waals surface area contributed by atoms with E-state index in [1.807, 2.05) is 11.8 Å². The van der Waals surface area contributed by atoms with Gasteiger partial charge >= 0.3 is 0 Å². The standard InChI is InChI=1S/C9H21NOS/c1-4-10-9(5-6-11)7-12-8(2)3/h8-11H,4-7H2,1-3H3. The van der Waals surface area contributed by atoms with Crippen LogP contribution >= 0.6 is 11.8 Å². The van der Waals surface area contributed by atoms with Crippen LogP contribution in [-0.4, -0.2) is 35.3 Å². The van der Waals surface area contributed by atoms with Gasteiger partial charge in [-0.2, -0.15) is 11.8 Å². The fourth-order valence-electron chi connectivity index (χ4n) is 0.997. The Morgan fingerprint density at radius 3 is 2.50 bits per heavy atom. The summed E-state index contributed by atoms with van der Waals surface area (Å²) in [5.74, 6) is 1.10. The van der Waals surface area contributed by atoms with E-state index < -0.39 is 0 Å². The van der Waals surface area contributed by atoms with Crippen LogP contribution in [0.25, 0.3) is 0 Å². The third-order valence-corrected chi connectivity index (χ3v) is 2.86. The zero-order chi connectivity index (χ0) is 9.40. The van der Waals surface area contributed by atoms with E-state index in [1.54, 1.807) is 0 Å². The van der Waals surface area contributed by atoms with Gasteiger partial charge in [0.25, 0.3) is 0 Å². The largest absolute Gasteiger partial charge is 0.396 e. The van der Waals surface area contributed by atoms with E-state index >= 15 is 0 Å². The molecule has 0 radical (unpaired) electrons. The Balaban J connectivity index is 3.48. The normalized spacial score (nSPS) is 13.8. The first-order chi connectivity index (χ1) is 5.70. The molecule has 3 heteroatoms. The second-order valence-electron chi connectivity index (χ2n) is 3.15. The molecule has 0 aromatic carbocycles. The SMILES string of the molecule is CCNC(CCO)CSC(C)C. The minimum atomic E-state index is 0.288. The molecule has 2 nitrogen and oxygen atoms in total. The highest BCUT2D eigenvalue weighted by Crippen LogP contribution is 2.11. The van der Waals surface area contributed by atoms with Crippen molar-refractivity contribution >= 4 is 11.8 Å². The molecule has 0 saturated heterocycles. The van der Waals surface area contributed by atoms with Crippen molar-refractivity contribution in [2.75, 3.05) is 18.9 Å². The van der Waals surface area contributed by atoms with Crippen molar-refractivity contribution in [1.82, 2.24) is 5.32 Å². The first-order valence-electron chi connectivity index (χ1n) is 4.66. The Morgan fingerprint density at radius 1 is 1.42 bits per heavy atom. The van der Waals surface area contributed by atoms with Crippen molar-refractivity contribution in [2.24, 2.45) is 0 Å². The summed E-state index contributed by atoms with van der Waals surface area (Å²) in [6.45, 7) is 7.78. The van der Waals surface area contributed by atoms with Gasteiger partial charge in [0.1, 0.15) is 0 Å². The number of thioether (sulfide) groups is 1. The molecule has 0 rings (SSSR count). The van der Waals surface area contributed by atoms with Crippen LogP contribution in [0.4, 0.5) is 0 Å². The zero-order valence-electron chi connectivity index (χ0n) is 8.34. The molecule has 0 aromatic rings. The molecule has 1 atom stereocenters. The predicted octanol–water partition coefficient (Wildman–Crippen LogP) is 1.49. The molecule has 0 saturated carbocycles. The van der Waals surface area contributed by atoms with Gasteiger partial charge in [-0.1, -0.05) is 20.8 Å². The van der Waals surface area contributed by atoms with Crippen LogP contribution < -0.4 is 5.32 Å². The minimum Gasteiger partial charge on any atom is -0.396 e. The Kier molecular flexibility index (Phi) is 8.07. The van der Waals surface area contributed by atoms with Crippen molar-refractivity contribution < 1.29 is 5.11 Å². The molecule has 0 bridgehead atoms. The quantitative estimate of drug-likeness (QED) is 0.639. The van der Waals surface area contributed by atoms with Crippen LogP contribution in [0.1, 0.15) is 27.2 Å². The monoisotopic (exact) mass is 191 g/mol. The number of hydrogen-bond donors (Lipinski definition) is 2. The average molecular weight is 191 g/mol. The molecule has 0 aromatic heterocycles. The third kappa shape index (κ3) is 6.95. The smallest absolute Gasteiger partial charge is 0.0446 e. The van der Waals surface area contributed by atoms with E-state index in [0.717, 1.165) is 18.7 Å². The molecule has 0 aliphatic heterocycles. The van der Waals surface area contributed by atoms with Crippen molar-refractivity contribution in [2.45, 2.75) is 38.5 Å². The topological polar surface area (TPSA) is 32.3 Å². The summed E-state index contributed by atoms with van der Waals surface area (Å²) in [6, 6.07) is 0.479. The summed E-state index contributed by atoms with van der Waals surface area (Å²) in [6.07, 6.45) is 0.869. The maximum absolute atomic E-state index is 8.78. The Morgan fingerprint density at radius 2 is 2.08 bits per heavy atom. The fourth-order valence-corrected chi connectivity index (χ4v) is 1.90.